The summed E-state index contributed by atoms with van der Waals surface area (Å²) < 4.78 is 0. The Balaban J connectivity index is 2.40. The Hall–Kier alpha value is -1.51. The number of carbonyl (C=O) groups is 1. The molecule has 0 heterocycles. The zero-order chi connectivity index (χ0) is 14.8. The Bertz CT molecular complexity index is 404. The van der Waals surface area contributed by atoms with Gasteiger partial charge in [-0.15, -0.1) is 0 Å². The number of hydrogen-bond acceptors (Lipinski definition) is 2. The molecule has 0 aliphatic rings. The van der Waals surface area contributed by atoms with Crippen molar-refractivity contribution in [3.63, 3.8) is 0 Å². The first-order valence-electron chi connectivity index (χ1n) is 7.85. The summed E-state index contributed by atoms with van der Waals surface area (Å²) in [5.41, 5.74) is 7.39. The van der Waals surface area contributed by atoms with E-state index in [9.17, 15) is 4.79 Å². The van der Waals surface area contributed by atoms with E-state index in [4.69, 9.17) is 5.73 Å². The number of anilines is 2. The van der Waals surface area contributed by atoms with Gasteiger partial charge in [-0.05, 0) is 31.5 Å². The molecule has 3 nitrogen and oxygen atoms in total. The molecular weight excluding hydrogens is 248 g/mol. The van der Waals surface area contributed by atoms with Gasteiger partial charge in [-0.2, -0.15) is 0 Å². The van der Waals surface area contributed by atoms with Gasteiger partial charge >= 0.3 is 0 Å². The minimum Gasteiger partial charge on any atom is -0.399 e. The van der Waals surface area contributed by atoms with Crippen LogP contribution in [0.25, 0.3) is 0 Å². The average Bonchev–Trinajstić information content (AvgIpc) is 2.43. The molecule has 2 N–H and O–H groups in total. The molecule has 0 fully saturated rings. The first-order chi connectivity index (χ1) is 9.69. The molecule has 112 valence electrons. The number of rotatable bonds is 9. The Morgan fingerprint density at radius 3 is 2.45 bits per heavy atom. The summed E-state index contributed by atoms with van der Waals surface area (Å²) in [4.78, 5) is 14.1. The van der Waals surface area contributed by atoms with Crippen LogP contribution >= 0.6 is 0 Å². The van der Waals surface area contributed by atoms with Gasteiger partial charge < -0.3 is 10.6 Å². The third-order valence-corrected chi connectivity index (χ3v) is 3.54. The van der Waals surface area contributed by atoms with Gasteiger partial charge in [0.15, 0.2) is 0 Å². The summed E-state index contributed by atoms with van der Waals surface area (Å²) in [7, 11) is 0. The van der Waals surface area contributed by atoms with E-state index in [1.807, 2.05) is 36.1 Å². The van der Waals surface area contributed by atoms with Crippen LogP contribution in [0.2, 0.25) is 0 Å². The number of carbonyl (C=O) groups excluding carboxylic acids is 1. The fraction of sp³-hybridized carbons (Fsp3) is 0.588. The van der Waals surface area contributed by atoms with E-state index in [0.29, 0.717) is 18.7 Å². The maximum Gasteiger partial charge on any atom is 0.226 e. The zero-order valence-electron chi connectivity index (χ0n) is 12.9. The predicted molar refractivity (Wildman–Crippen MR) is 86.9 cm³/mol. The summed E-state index contributed by atoms with van der Waals surface area (Å²) in [6.45, 7) is 4.91. The van der Waals surface area contributed by atoms with E-state index in [1.54, 1.807) is 0 Å². The summed E-state index contributed by atoms with van der Waals surface area (Å²) >= 11 is 0. The van der Waals surface area contributed by atoms with Crippen LogP contribution in [0.1, 0.15) is 58.8 Å². The molecule has 0 unspecified atom stereocenters. The quantitative estimate of drug-likeness (QED) is 0.537. The minimum absolute atomic E-state index is 0.202. The van der Waals surface area contributed by atoms with Gasteiger partial charge in [0.05, 0.1) is 0 Å². The van der Waals surface area contributed by atoms with E-state index in [0.717, 1.165) is 18.5 Å². The van der Waals surface area contributed by atoms with Gasteiger partial charge in [0.2, 0.25) is 5.91 Å². The maximum absolute atomic E-state index is 12.3. The van der Waals surface area contributed by atoms with Gasteiger partial charge in [0.1, 0.15) is 0 Å². The first kappa shape index (κ1) is 16.5. The molecule has 0 aliphatic heterocycles. The molecule has 0 bridgehead atoms. The van der Waals surface area contributed by atoms with E-state index >= 15 is 0 Å². The van der Waals surface area contributed by atoms with Crippen molar-refractivity contribution < 1.29 is 4.79 Å². The summed E-state index contributed by atoms with van der Waals surface area (Å²) in [5.74, 6) is 0.202. The lowest BCUT2D eigenvalue weighted by Crippen LogP contribution is -2.30. The lowest BCUT2D eigenvalue weighted by Gasteiger charge is -2.21. The number of nitrogen functional groups attached to an aromatic ring is 1. The standard InChI is InChI=1S/C17H28N2O/c1-3-5-6-7-8-9-13-17(20)19(4-2)16-12-10-11-15(18)14-16/h10-12,14H,3-9,13,18H2,1-2H3. The lowest BCUT2D eigenvalue weighted by molar-refractivity contribution is -0.118. The fourth-order valence-electron chi connectivity index (χ4n) is 2.39. The predicted octanol–water partition coefficient (Wildman–Crippen LogP) is 4.37. The molecule has 0 radical (unpaired) electrons. The highest BCUT2D eigenvalue weighted by Crippen LogP contribution is 2.19. The van der Waals surface area contributed by atoms with Crippen LogP contribution in [0.5, 0.6) is 0 Å². The number of unbranched alkanes of at least 4 members (excludes halogenated alkanes) is 5. The van der Waals surface area contributed by atoms with Crippen molar-refractivity contribution in [3.05, 3.63) is 24.3 Å². The molecule has 0 aromatic heterocycles. The highest BCUT2D eigenvalue weighted by Gasteiger charge is 2.13. The van der Waals surface area contributed by atoms with Gasteiger partial charge in [-0.3, -0.25) is 4.79 Å². The number of benzene rings is 1. The van der Waals surface area contributed by atoms with Crippen molar-refractivity contribution in [2.45, 2.75) is 58.8 Å². The van der Waals surface area contributed by atoms with Crippen molar-refractivity contribution in [2.75, 3.05) is 17.2 Å². The van der Waals surface area contributed by atoms with Gasteiger partial charge in [-0.25, -0.2) is 0 Å². The SMILES string of the molecule is CCCCCCCCC(=O)N(CC)c1cccc(N)c1. The summed E-state index contributed by atoms with van der Waals surface area (Å²) in [5, 5.41) is 0. The van der Waals surface area contributed by atoms with Crippen LogP contribution < -0.4 is 10.6 Å². The largest absolute Gasteiger partial charge is 0.399 e. The van der Waals surface area contributed by atoms with Crippen LogP contribution in [0, 0.1) is 0 Å². The minimum atomic E-state index is 0.202. The van der Waals surface area contributed by atoms with E-state index < -0.39 is 0 Å². The smallest absolute Gasteiger partial charge is 0.226 e. The van der Waals surface area contributed by atoms with Crippen LogP contribution in [0.3, 0.4) is 0 Å². The topological polar surface area (TPSA) is 46.3 Å². The van der Waals surface area contributed by atoms with Crippen LogP contribution in [-0.2, 0) is 4.79 Å². The van der Waals surface area contributed by atoms with E-state index in [1.165, 1.54) is 25.7 Å². The number of nitrogens with two attached hydrogens (primary N) is 1. The second kappa shape index (κ2) is 9.40. The number of amides is 1. The van der Waals surface area contributed by atoms with Crippen LogP contribution in [0.15, 0.2) is 24.3 Å². The van der Waals surface area contributed by atoms with Gasteiger partial charge in [0, 0.05) is 24.3 Å². The molecular formula is C17H28N2O. The maximum atomic E-state index is 12.3. The van der Waals surface area contributed by atoms with Crippen LogP contribution in [-0.4, -0.2) is 12.5 Å². The molecule has 1 rings (SSSR count). The van der Waals surface area contributed by atoms with Crippen molar-refractivity contribution >= 4 is 17.3 Å². The molecule has 0 saturated carbocycles. The summed E-state index contributed by atoms with van der Waals surface area (Å²) in [6, 6.07) is 7.54. The molecule has 3 heteroatoms. The molecule has 0 atom stereocenters. The van der Waals surface area contributed by atoms with Crippen LogP contribution in [0.4, 0.5) is 11.4 Å². The molecule has 1 aromatic carbocycles. The normalized spacial score (nSPS) is 10.5. The van der Waals surface area contributed by atoms with Gasteiger partial charge in [0.25, 0.3) is 0 Å². The molecule has 0 saturated heterocycles. The van der Waals surface area contributed by atoms with E-state index in [2.05, 4.69) is 6.92 Å². The van der Waals surface area contributed by atoms with Crippen molar-refractivity contribution in [3.8, 4) is 0 Å². The Morgan fingerprint density at radius 1 is 1.10 bits per heavy atom. The molecule has 1 aromatic rings. The van der Waals surface area contributed by atoms with Crippen molar-refractivity contribution in [1.82, 2.24) is 0 Å². The third kappa shape index (κ3) is 5.64. The van der Waals surface area contributed by atoms with E-state index in [-0.39, 0.29) is 5.91 Å². The lowest BCUT2D eigenvalue weighted by atomic mass is 10.1. The highest BCUT2D eigenvalue weighted by molar-refractivity contribution is 5.93. The molecule has 0 aliphatic carbocycles. The van der Waals surface area contributed by atoms with Crippen molar-refractivity contribution in [1.29, 1.82) is 0 Å². The average molecular weight is 276 g/mol. The number of hydrogen-bond donors (Lipinski definition) is 1. The fourth-order valence-corrected chi connectivity index (χ4v) is 2.39. The second-order valence-corrected chi connectivity index (χ2v) is 5.25. The zero-order valence-corrected chi connectivity index (χ0v) is 12.9. The second-order valence-electron chi connectivity index (χ2n) is 5.25. The number of nitrogens with zero attached hydrogens (tertiary/aromatic N) is 1. The molecule has 0 spiro atoms. The Morgan fingerprint density at radius 2 is 1.80 bits per heavy atom. The Labute approximate surface area is 123 Å². The third-order valence-electron chi connectivity index (χ3n) is 3.54. The highest BCUT2D eigenvalue weighted by atomic mass is 16.2. The monoisotopic (exact) mass is 276 g/mol. The molecule has 20 heavy (non-hydrogen) atoms. The molecule has 1 amide bonds. The first-order valence-corrected chi connectivity index (χ1v) is 7.85. The Kier molecular flexibility index (Phi) is 7.78. The van der Waals surface area contributed by atoms with Crippen molar-refractivity contribution in [2.24, 2.45) is 0 Å². The summed E-state index contributed by atoms with van der Waals surface area (Å²) in [6.07, 6.45) is 7.87. The van der Waals surface area contributed by atoms with Gasteiger partial charge in [-0.1, -0.05) is 45.1 Å².